The van der Waals surface area contributed by atoms with Gasteiger partial charge in [-0.2, -0.15) is 0 Å². The molecule has 1 fully saturated rings. The van der Waals surface area contributed by atoms with Gasteiger partial charge in [-0.05, 0) is 37.3 Å². The number of aromatic nitrogens is 2. The molecule has 0 unspecified atom stereocenters. The van der Waals surface area contributed by atoms with Crippen molar-refractivity contribution >= 4 is 28.9 Å². The maximum Gasteiger partial charge on any atom is 0.223 e. The van der Waals surface area contributed by atoms with E-state index in [1.165, 1.54) is 10.4 Å². The average molecular weight is 374 g/mol. The molecule has 0 bridgehead atoms. The first-order chi connectivity index (χ1) is 12.4. The monoisotopic (exact) mass is 373 g/mol. The van der Waals surface area contributed by atoms with Gasteiger partial charge in [-0.1, -0.05) is 0 Å². The fourth-order valence-electron chi connectivity index (χ4n) is 3.15. The molecule has 3 rings (SSSR count). The number of piperazine rings is 1. The van der Waals surface area contributed by atoms with Crippen molar-refractivity contribution in [2.45, 2.75) is 26.7 Å². The number of hydrogen-bond acceptors (Lipinski definition) is 6. The summed E-state index contributed by atoms with van der Waals surface area (Å²) >= 11 is 1.74. The predicted molar refractivity (Wildman–Crippen MR) is 107 cm³/mol. The highest BCUT2D eigenvalue weighted by Crippen LogP contribution is 2.21. The normalized spacial score (nSPS) is 14.6. The first kappa shape index (κ1) is 18.6. The molecule has 1 amide bonds. The second-order valence-electron chi connectivity index (χ2n) is 6.92. The van der Waals surface area contributed by atoms with Crippen LogP contribution in [-0.4, -0.2) is 61.0 Å². The molecular formula is C19H27N5OS. The molecule has 0 spiro atoms. The lowest BCUT2D eigenvalue weighted by atomic mass is 10.2. The lowest BCUT2D eigenvalue weighted by Gasteiger charge is -2.35. The van der Waals surface area contributed by atoms with Gasteiger partial charge < -0.3 is 14.7 Å². The van der Waals surface area contributed by atoms with Crippen LogP contribution in [0.4, 0.5) is 11.6 Å². The van der Waals surface area contributed by atoms with Gasteiger partial charge in [-0.15, -0.1) is 11.3 Å². The first-order valence-corrected chi connectivity index (χ1v) is 9.90. The highest BCUT2D eigenvalue weighted by molar-refractivity contribution is 7.10. The van der Waals surface area contributed by atoms with Gasteiger partial charge >= 0.3 is 0 Å². The Morgan fingerprint density at radius 3 is 2.54 bits per heavy atom. The van der Waals surface area contributed by atoms with Crippen LogP contribution in [0.1, 0.15) is 22.7 Å². The summed E-state index contributed by atoms with van der Waals surface area (Å²) in [5.41, 5.74) is 1.29. The molecule has 0 aliphatic carbocycles. The number of thiophene rings is 1. The van der Waals surface area contributed by atoms with Gasteiger partial charge in [0.15, 0.2) is 0 Å². The number of carbonyl (C=O) groups is 1. The number of amides is 1. The number of carbonyl (C=O) groups excluding carboxylic acids is 1. The Morgan fingerprint density at radius 1 is 1.19 bits per heavy atom. The Morgan fingerprint density at radius 2 is 1.92 bits per heavy atom. The van der Waals surface area contributed by atoms with E-state index in [-0.39, 0.29) is 5.91 Å². The zero-order valence-electron chi connectivity index (χ0n) is 16.0. The second kappa shape index (κ2) is 8.03. The molecule has 1 aliphatic heterocycles. The van der Waals surface area contributed by atoms with E-state index in [2.05, 4.69) is 33.2 Å². The van der Waals surface area contributed by atoms with Crippen molar-refractivity contribution < 1.29 is 4.79 Å². The van der Waals surface area contributed by atoms with Crippen LogP contribution < -0.4 is 9.80 Å². The lowest BCUT2D eigenvalue weighted by molar-refractivity contribution is -0.131. The molecule has 7 heteroatoms. The van der Waals surface area contributed by atoms with Crippen molar-refractivity contribution in [3.8, 4) is 0 Å². The van der Waals surface area contributed by atoms with Crippen molar-refractivity contribution in [3.63, 3.8) is 0 Å². The summed E-state index contributed by atoms with van der Waals surface area (Å²) in [5, 5.41) is 2.10. The molecular weight excluding hydrogens is 346 g/mol. The van der Waals surface area contributed by atoms with E-state index in [0.717, 1.165) is 50.1 Å². The molecule has 3 heterocycles. The summed E-state index contributed by atoms with van der Waals surface area (Å²) < 4.78 is 0. The van der Waals surface area contributed by atoms with Crippen LogP contribution in [-0.2, 0) is 11.2 Å². The summed E-state index contributed by atoms with van der Waals surface area (Å²) in [5.74, 6) is 2.89. The quantitative estimate of drug-likeness (QED) is 0.806. The van der Waals surface area contributed by atoms with Crippen LogP contribution >= 0.6 is 11.3 Å². The highest BCUT2D eigenvalue weighted by Gasteiger charge is 2.22. The first-order valence-electron chi connectivity index (χ1n) is 9.03. The Kier molecular flexibility index (Phi) is 5.76. The van der Waals surface area contributed by atoms with Gasteiger partial charge in [-0.3, -0.25) is 4.79 Å². The fourth-order valence-corrected chi connectivity index (χ4v) is 4.06. The van der Waals surface area contributed by atoms with E-state index in [4.69, 9.17) is 0 Å². The molecule has 6 nitrogen and oxygen atoms in total. The van der Waals surface area contributed by atoms with Gasteiger partial charge in [0.05, 0.1) is 0 Å². The number of nitrogens with zero attached hydrogens (tertiary/aromatic N) is 5. The summed E-state index contributed by atoms with van der Waals surface area (Å²) in [7, 11) is 3.97. The van der Waals surface area contributed by atoms with Crippen LogP contribution in [0, 0.1) is 13.8 Å². The molecule has 2 aromatic heterocycles. The molecule has 2 aromatic rings. The van der Waals surface area contributed by atoms with E-state index in [1.807, 2.05) is 36.9 Å². The van der Waals surface area contributed by atoms with Crippen molar-refractivity contribution in [2.24, 2.45) is 0 Å². The van der Waals surface area contributed by atoms with E-state index in [0.29, 0.717) is 6.42 Å². The van der Waals surface area contributed by atoms with Crippen molar-refractivity contribution in [2.75, 3.05) is 50.1 Å². The second-order valence-corrected chi connectivity index (χ2v) is 7.92. The van der Waals surface area contributed by atoms with Gasteiger partial charge in [0, 0.05) is 57.6 Å². The van der Waals surface area contributed by atoms with Gasteiger partial charge in [0.1, 0.15) is 17.5 Å². The molecule has 26 heavy (non-hydrogen) atoms. The van der Waals surface area contributed by atoms with Crippen LogP contribution in [0.15, 0.2) is 17.5 Å². The standard InChI is InChI=1S/C19H27N5OS/c1-14-7-12-26-16(14)5-6-19(25)24-10-8-23(9-11-24)18-13-17(22(3)4)20-15(2)21-18/h7,12-13H,5-6,8-11H2,1-4H3. The third-order valence-electron chi connectivity index (χ3n) is 4.76. The Labute approximate surface area is 159 Å². The number of rotatable bonds is 5. The minimum atomic E-state index is 0.255. The van der Waals surface area contributed by atoms with Gasteiger partial charge in [0.25, 0.3) is 0 Å². The van der Waals surface area contributed by atoms with E-state index in [1.54, 1.807) is 11.3 Å². The third kappa shape index (κ3) is 4.33. The van der Waals surface area contributed by atoms with E-state index in [9.17, 15) is 4.79 Å². The van der Waals surface area contributed by atoms with E-state index >= 15 is 0 Å². The largest absolute Gasteiger partial charge is 0.363 e. The Bertz CT molecular complexity index is 765. The van der Waals surface area contributed by atoms with Gasteiger partial charge in [-0.25, -0.2) is 9.97 Å². The Hall–Kier alpha value is -2.15. The summed E-state index contributed by atoms with van der Waals surface area (Å²) in [6.45, 7) is 7.16. The van der Waals surface area contributed by atoms with Crippen molar-refractivity contribution in [1.29, 1.82) is 0 Å². The summed E-state index contributed by atoms with van der Waals surface area (Å²) in [6.07, 6.45) is 1.44. The number of anilines is 2. The van der Waals surface area contributed by atoms with Crippen molar-refractivity contribution in [3.05, 3.63) is 33.8 Å². The lowest BCUT2D eigenvalue weighted by Crippen LogP contribution is -2.49. The third-order valence-corrected chi connectivity index (χ3v) is 5.84. The Balaban J connectivity index is 1.55. The number of aryl methyl sites for hydroxylation is 3. The molecule has 140 valence electrons. The highest BCUT2D eigenvalue weighted by atomic mass is 32.1. The minimum Gasteiger partial charge on any atom is -0.363 e. The molecule has 0 N–H and O–H groups in total. The zero-order valence-corrected chi connectivity index (χ0v) is 16.8. The van der Waals surface area contributed by atoms with Crippen molar-refractivity contribution in [1.82, 2.24) is 14.9 Å². The molecule has 1 aliphatic rings. The summed E-state index contributed by atoms with van der Waals surface area (Å²) in [6, 6.07) is 4.14. The smallest absolute Gasteiger partial charge is 0.223 e. The molecule has 1 saturated heterocycles. The fraction of sp³-hybridized carbons (Fsp3) is 0.526. The van der Waals surface area contributed by atoms with Crippen LogP contribution in [0.25, 0.3) is 0 Å². The molecule has 0 saturated carbocycles. The average Bonchev–Trinajstić information content (AvgIpc) is 3.04. The van der Waals surface area contributed by atoms with Crippen LogP contribution in [0.5, 0.6) is 0 Å². The van der Waals surface area contributed by atoms with E-state index < -0.39 is 0 Å². The topological polar surface area (TPSA) is 52.6 Å². The maximum atomic E-state index is 12.5. The predicted octanol–water partition coefficient (Wildman–Crippen LogP) is 2.50. The molecule has 0 radical (unpaired) electrons. The molecule has 0 aromatic carbocycles. The summed E-state index contributed by atoms with van der Waals surface area (Å²) in [4.78, 5) is 29.1. The number of hydrogen-bond donors (Lipinski definition) is 0. The van der Waals surface area contributed by atoms with Crippen LogP contribution in [0.3, 0.4) is 0 Å². The molecule has 0 atom stereocenters. The van der Waals surface area contributed by atoms with Gasteiger partial charge in [0.2, 0.25) is 5.91 Å². The maximum absolute atomic E-state index is 12.5. The van der Waals surface area contributed by atoms with Crippen LogP contribution in [0.2, 0.25) is 0 Å². The SMILES string of the molecule is Cc1nc(N(C)C)cc(N2CCN(C(=O)CCc3sccc3C)CC2)n1. The minimum absolute atomic E-state index is 0.255. The zero-order chi connectivity index (χ0) is 18.7.